The lowest BCUT2D eigenvalue weighted by Crippen LogP contribution is -2.40. The molecule has 8 heterocycles. The Hall–Kier alpha value is -5.32. The molecule has 10 rings (SSSR count). The Morgan fingerprint density at radius 1 is 0.764 bits per heavy atom. The molecular weight excluding hydrogens is 717 g/mol. The van der Waals surface area contributed by atoms with E-state index in [-0.39, 0.29) is 28.6 Å². The van der Waals surface area contributed by atoms with Gasteiger partial charge < -0.3 is 16.0 Å². The van der Waals surface area contributed by atoms with E-state index >= 15 is 0 Å². The summed E-state index contributed by atoms with van der Waals surface area (Å²) < 4.78 is 33.1. The number of fused-ring (bicyclic) bond motifs is 2. The van der Waals surface area contributed by atoms with Gasteiger partial charge in [0, 0.05) is 78.2 Å². The maximum Gasteiger partial charge on any atom is 0.264 e. The van der Waals surface area contributed by atoms with Crippen LogP contribution in [0.1, 0.15) is 101 Å². The van der Waals surface area contributed by atoms with Crippen molar-refractivity contribution >= 4 is 38.9 Å². The maximum absolute atomic E-state index is 13.4. The number of nitrogens with zero attached hydrogens (tertiary/aromatic N) is 8. The summed E-state index contributed by atoms with van der Waals surface area (Å²) in [6, 6.07) is 10.8. The minimum absolute atomic E-state index is 0.0917. The first kappa shape index (κ1) is 34.2. The number of nitrogens with one attached hydrogen (secondary N) is 4. The Morgan fingerprint density at radius 3 is 2.16 bits per heavy atom. The number of hydrogen-bond acceptors (Lipinski definition) is 11. The summed E-state index contributed by atoms with van der Waals surface area (Å²) in [5.41, 5.74) is 6.05. The number of anilines is 2. The number of amides is 1. The predicted molar refractivity (Wildman–Crippen MR) is 205 cm³/mol. The molecule has 4 atom stereocenters. The Balaban J connectivity index is 0.886. The Morgan fingerprint density at radius 2 is 1.45 bits per heavy atom. The van der Waals surface area contributed by atoms with E-state index in [0.717, 1.165) is 92.7 Å². The molecule has 4 unspecified atom stereocenters. The van der Waals surface area contributed by atoms with E-state index in [2.05, 4.69) is 35.7 Å². The largest absolute Gasteiger partial charge is 0.317 e. The second-order valence-electron chi connectivity index (χ2n) is 15.4. The molecule has 282 valence electrons. The predicted octanol–water partition coefficient (Wildman–Crippen LogP) is 4.60. The van der Waals surface area contributed by atoms with E-state index in [0.29, 0.717) is 40.7 Å². The van der Waals surface area contributed by atoms with Gasteiger partial charge in [-0.05, 0) is 100 Å². The van der Waals surface area contributed by atoms with E-state index in [1.165, 1.54) is 12.3 Å². The summed E-state index contributed by atoms with van der Waals surface area (Å²) in [6.45, 7) is 2.57. The number of rotatable bonds is 10. The third-order valence-electron chi connectivity index (χ3n) is 11.8. The van der Waals surface area contributed by atoms with Gasteiger partial charge in [0.2, 0.25) is 0 Å². The number of carbonyl (C=O) groups excluding carboxylic acids is 1. The molecule has 15 nitrogen and oxygen atoms in total. The lowest BCUT2D eigenvalue weighted by Gasteiger charge is -2.30. The first-order chi connectivity index (χ1) is 26.9. The second kappa shape index (κ2) is 13.8. The first-order valence-corrected chi connectivity index (χ1v) is 20.7. The van der Waals surface area contributed by atoms with Crippen LogP contribution in [0.25, 0.3) is 11.3 Å². The van der Waals surface area contributed by atoms with Gasteiger partial charge in [-0.15, -0.1) is 0 Å². The molecule has 0 spiro atoms. The quantitative estimate of drug-likeness (QED) is 0.153. The lowest BCUT2D eigenvalue weighted by molar-refractivity contribution is 0.102. The first-order valence-electron chi connectivity index (χ1n) is 19.2. The molecule has 4 aliphatic rings. The summed E-state index contributed by atoms with van der Waals surface area (Å²) in [5, 5.41) is 19.7. The van der Waals surface area contributed by atoms with Crippen LogP contribution in [-0.2, 0) is 10.0 Å². The van der Waals surface area contributed by atoms with E-state index < -0.39 is 10.0 Å². The van der Waals surface area contributed by atoms with Gasteiger partial charge >= 0.3 is 0 Å². The summed E-state index contributed by atoms with van der Waals surface area (Å²) in [4.78, 5) is 31.7. The zero-order valence-electron chi connectivity index (χ0n) is 30.2. The van der Waals surface area contributed by atoms with Crippen molar-refractivity contribution < 1.29 is 13.2 Å². The van der Waals surface area contributed by atoms with Crippen molar-refractivity contribution in [3.8, 4) is 0 Å². The summed E-state index contributed by atoms with van der Waals surface area (Å²) >= 11 is 0. The smallest absolute Gasteiger partial charge is 0.264 e. The van der Waals surface area contributed by atoms with Crippen molar-refractivity contribution in [3.05, 3.63) is 102 Å². The topological polar surface area (TPSA) is 185 Å². The van der Waals surface area contributed by atoms with Crippen molar-refractivity contribution in [2.75, 3.05) is 29.7 Å². The van der Waals surface area contributed by atoms with Crippen LogP contribution in [0, 0.1) is 5.92 Å². The zero-order valence-corrected chi connectivity index (χ0v) is 31.0. The lowest BCUT2D eigenvalue weighted by atomic mass is 9.89. The second-order valence-corrected chi connectivity index (χ2v) is 17.1. The van der Waals surface area contributed by atoms with Gasteiger partial charge in [-0.3, -0.25) is 19.5 Å². The Labute approximate surface area is 317 Å². The minimum Gasteiger partial charge on any atom is -0.317 e. The third-order valence-corrected chi connectivity index (χ3v) is 13.1. The van der Waals surface area contributed by atoms with Crippen LogP contribution in [0.4, 0.5) is 11.6 Å². The van der Waals surface area contributed by atoms with Gasteiger partial charge in [-0.25, -0.2) is 18.4 Å². The average molecular weight is 759 g/mol. The highest BCUT2D eigenvalue weighted by Crippen LogP contribution is 2.52. The number of hydrogen-bond donors (Lipinski definition) is 4. The summed E-state index contributed by atoms with van der Waals surface area (Å²) in [7, 11) is -3.89. The highest BCUT2D eigenvalue weighted by atomic mass is 32.2. The molecule has 4 N–H and O–H groups in total. The highest BCUT2D eigenvalue weighted by molar-refractivity contribution is 7.92. The molecule has 2 saturated heterocycles. The van der Waals surface area contributed by atoms with Crippen molar-refractivity contribution in [3.63, 3.8) is 0 Å². The number of carbonyl (C=O) groups is 1. The van der Waals surface area contributed by atoms with Crippen LogP contribution in [0.3, 0.4) is 0 Å². The van der Waals surface area contributed by atoms with Crippen molar-refractivity contribution in [1.82, 2.24) is 49.8 Å². The van der Waals surface area contributed by atoms with Crippen LogP contribution in [-0.4, -0.2) is 79.2 Å². The molecule has 4 fully saturated rings. The summed E-state index contributed by atoms with van der Waals surface area (Å²) in [6.07, 6.45) is 16.9. The number of piperidine rings is 2. The average Bonchev–Trinajstić information content (AvgIpc) is 4.15. The normalized spacial score (nSPS) is 23.2. The molecule has 2 saturated carbocycles. The van der Waals surface area contributed by atoms with E-state index in [9.17, 15) is 13.2 Å². The Kier molecular flexibility index (Phi) is 8.55. The molecule has 2 aliphatic carbocycles. The van der Waals surface area contributed by atoms with Gasteiger partial charge in [-0.2, -0.15) is 19.2 Å². The fourth-order valence-corrected chi connectivity index (χ4v) is 9.54. The van der Waals surface area contributed by atoms with Gasteiger partial charge in [-0.1, -0.05) is 0 Å². The van der Waals surface area contributed by atoms with E-state index in [1.807, 2.05) is 24.5 Å². The van der Waals surface area contributed by atoms with Crippen molar-refractivity contribution in [1.29, 1.82) is 0 Å². The van der Waals surface area contributed by atoms with E-state index in [4.69, 9.17) is 15.1 Å². The standard InChI is InChI=1S/C39H42N12O3S/c52-39(26-3-1-11-41-18-26)48-35-16-34(47-37-30(23-5-6-23)21-44-50(35)37)25-7-8-32(43-19-25)29-15-28(29)31-22-45-51-36(49-55(53,54)27-4-2-12-42-20-27)17-33(46-38(31)51)24-9-13-40-14-10-24/h1-4,11-12,16-18,20-25,28-29,32,40,43,49H,5-10,13-15,19H2,(H,48,52). The SMILES string of the molecule is O=C(Nc1cc(C2CCC(C3CC3c3cnn4c(NS(=O)(=O)c5cccnc5)cc(C5CCNCC5)nc34)NC2)nc2c(C3CC3)cnn12)c1cccnc1. The van der Waals surface area contributed by atoms with Crippen molar-refractivity contribution in [2.45, 2.75) is 79.6 Å². The molecule has 55 heavy (non-hydrogen) atoms. The fourth-order valence-electron chi connectivity index (χ4n) is 8.54. The highest BCUT2D eigenvalue weighted by Gasteiger charge is 2.47. The minimum atomic E-state index is -3.89. The monoisotopic (exact) mass is 758 g/mol. The number of pyridine rings is 2. The van der Waals surface area contributed by atoms with Crippen LogP contribution >= 0.6 is 0 Å². The zero-order chi connectivity index (χ0) is 37.1. The number of sulfonamides is 1. The number of aromatic nitrogens is 8. The van der Waals surface area contributed by atoms with Gasteiger partial charge in [0.05, 0.1) is 23.7 Å². The molecule has 0 aromatic carbocycles. The maximum atomic E-state index is 13.4. The van der Waals surface area contributed by atoms with Crippen LogP contribution in [0.5, 0.6) is 0 Å². The third kappa shape index (κ3) is 6.61. The molecule has 6 aromatic rings. The van der Waals surface area contributed by atoms with Gasteiger partial charge in [0.15, 0.2) is 11.3 Å². The molecule has 0 bridgehead atoms. The summed E-state index contributed by atoms with van der Waals surface area (Å²) in [5.74, 6) is 2.30. The van der Waals surface area contributed by atoms with Gasteiger partial charge in [0.1, 0.15) is 16.5 Å². The molecule has 0 radical (unpaired) electrons. The van der Waals surface area contributed by atoms with Crippen molar-refractivity contribution in [2.24, 2.45) is 5.92 Å². The molecular formula is C39H42N12O3S. The molecule has 2 aliphatic heterocycles. The van der Waals surface area contributed by atoms with E-state index in [1.54, 1.807) is 45.8 Å². The van der Waals surface area contributed by atoms with Crippen LogP contribution < -0.4 is 20.7 Å². The van der Waals surface area contributed by atoms with Gasteiger partial charge in [0.25, 0.3) is 15.9 Å². The molecule has 6 aromatic heterocycles. The molecule has 16 heteroatoms. The molecule has 1 amide bonds. The Bertz CT molecular complexity index is 2490. The van der Waals surface area contributed by atoms with Crippen LogP contribution in [0.2, 0.25) is 0 Å². The fraction of sp³-hybridized carbons (Fsp3) is 0.410. The van der Waals surface area contributed by atoms with Crippen LogP contribution in [0.15, 0.2) is 78.5 Å².